The number of hydrogen-bond donors (Lipinski definition) is 0. The molecule has 5 heteroatoms. The molecule has 0 fully saturated rings. The third-order valence-corrected chi connectivity index (χ3v) is 7.72. The second-order valence-corrected chi connectivity index (χ2v) is 9.72. The summed E-state index contributed by atoms with van der Waals surface area (Å²) in [6.45, 7) is 0. The molecular formula is C26H21NO2S2. The van der Waals surface area contributed by atoms with Crippen molar-refractivity contribution in [3.05, 3.63) is 94.6 Å². The predicted octanol–water partition coefficient (Wildman–Crippen LogP) is 6.81. The number of carbonyl (C=O) groups excluding carboxylic acids is 1. The van der Waals surface area contributed by atoms with Gasteiger partial charge in [0.2, 0.25) is 0 Å². The molecule has 0 atom stereocenters. The van der Waals surface area contributed by atoms with E-state index in [9.17, 15) is 4.79 Å². The van der Waals surface area contributed by atoms with E-state index in [-0.39, 0.29) is 5.78 Å². The number of nitrogens with zero attached hydrogens (tertiary/aromatic N) is 1. The molecule has 31 heavy (non-hydrogen) atoms. The van der Waals surface area contributed by atoms with Gasteiger partial charge in [-0.05, 0) is 54.3 Å². The van der Waals surface area contributed by atoms with E-state index >= 15 is 0 Å². The Kier molecular flexibility index (Phi) is 5.62. The fraction of sp³-hybridized carbons (Fsp3) is 0.154. The van der Waals surface area contributed by atoms with Crippen molar-refractivity contribution in [1.29, 1.82) is 0 Å². The summed E-state index contributed by atoms with van der Waals surface area (Å²) >= 11 is 3.43. The number of aryl methyl sites for hydroxylation is 1. The molecule has 1 aliphatic carbocycles. The van der Waals surface area contributed by atoms with Crippen molar-refractivity contribution in [3.8, 4) is 5.75 Å². The van der Waals surface area contributed by atoms with Gasteiger partial charge in [-0.15, -0.1) is 11.3 Å². The maximum Gasteiger partial charge on any atom is 0.189 e. The number of thiazole rings is 1. The Bertz CT molecular complexity index is 1270. The number of thioether (sulfide) groups is 1. The number of hydrogen-bond acceptors (Lipinski definition) is 5. The Morgan fingerprint density at radius 2 is 1.90 bits per heavy atom. The lowest BCUT2D eigenvalue weighted by Gasteiger charge is -2.17. The summed E-state index contributed by atoms with van der Waals surface area (Å²) in [7, 11) is 1.70. The maximum atomic E-state index is 12.9. The second kappa shape index (κ2) is 8.69. The van der Waals surface area contributed by atoms with Crippen LogP contribution < -0.4 is 4.74 Å². The zero-order valence-electron chi connectivity index (χ0n) is 17.1. The zero-order valence-corrected chi connectivity index (χ0v) is 18.8. The number of Topliss-reactive ketones (excluding diaryl/α,β-unsaturated/α-hetero) is 1. The number of carbonyl (C=O) groups is 1. The summed E-state index contributed by atoms with van der Waals surface area (Å²) in [5.74, 6) is 1.76. The highest BCUT2D eigenvalue weighted by molar-refractivity contribution is 8.00. The molecule has 154 valence electrons. The smallest absolute Gasteiger partial charge is 0.189 e. The average molecular weight is 444 g/mol. The average Bonchev–Trinajstić information content (AvgIpc) is 3.23. The molecule has 0 radical (unpaired) electrons. The molecule has 5 rings (SSSR count). The first kappa shape index (κ1) is 20.0. The molecular weight excluding hydrogens is 422 g/mol. The fourth-order valence-electron chi connectivity index (χ4n) is 3.91. The SMILES string of the molecule is COc1ccc(/C=C2\CCc3ccccc3C2=O)cc1CSc1nc2ccccc2s1. The van der Waals surface area contributed by atoms with Crippen LogP contribution in [0.15, 0.2) is 76.6 Å². The highest BCUT2D eigenvalue weighted by atomic mass is 32.2. The number of aromatic nitrogens is 1. The Labute approximate surface area is 189 Å². The van der Waals surface area contributed by atoms with Gasteiger partial charge in [0, 0.05) is 22.5 Å². The number of methoxy groups -OCH3 is 1. The van der Waals surface area contributed by atoms with Gasteiger partial charge in [0.1, 0.15) is 5.75 Å². The molecule has 0 saturated carbocycles. The number of ketones is 1. The molecule has 1 aliphatic rings. The highest BCUT2D eigenvalue weighted by Crippen LogP contribution is 2.34. The largest absolute Gasteiger partial charge is 0.496 e. The minimum absolute atomic E-state index is 0.142. The number of benzene rings is 3. The Morgan fingerprint density at radius 3 is 2.77 bits per heavy atom. The second-order valence-electron chi connectivity index (χ2n) is 7.46. The van der Waals surface area contributed by atoms with Crippen molar-refractivity contribution >= 4 is 45.2 Å². The first-order valence-electron chi connectivity index (χ1n) is 10.2. The lowest BCUT2D eigenvalue weighted by molar-refractivity contribution is 0.102. The first-order valence-corrected chi connectivity index (χ1v) is 12.0. The van der Waals surface area contributed by atoms with E-state index in [1.807, 2.05) is 54.6 Å². The van der Waals surface area contributed by atoms with E-state index in [1.54, 1.807) is 30.2 Å². The summed E-state index contributed by atoms with van der Waals surface area (Å²) in [5.41, 5.74) is 6.02. The van der Waals surface area contributed by atoms with Gasteiger partial charge in [-0.3, -0.25) is 4.79 Å². The Balaban J connectivity index is 1.39. The number of para-hydroxylation sites is 1. The minimum Gasteiger partial charge on any atom is -0.496 e. The number of rotatable bonds is 5. The van der Waals surface area contributed by atoms with Crippen LogP contribution in [-0.2, 0) is 12.2 Å². The molecule has 0 bridgehead atoms. The Hall–Kier alpha value is -2.89. The molecule has 3 nitrogen and oxygen atoms in total. The standard InChI is InChI=1S/C26H21NO2S2/c1-29-23-13-10-17(14-19-12-11-18-6-2-3-7-21(18)25(19)28)15-20(23)16-30-26-27-22-8-4-5-9-24(22)31-26/h2-10,13-15H,11-12,16H2,1H3/b19-14+. The lowest BCUT2D eigenvalue weighted by Crippen LogP contribution is -2.13. The van der Waals surface area contributed by atoms with Gasteiger partial charge in [0.25, 0.3) is 0 Å². The topological polar surface area (TPSA) is 39.2 Å². The van der Waals surface area contributed by atoms with Crippen LogP contribution in [0.25, 0.3) is 16.3 Å². The molecule has 0 saturated heterocycles. The zero-order chi connectivity index (χ0) is 21.2. The van der Waals surface area contributed by atoms with Gasteiger partial charge in [-0.25, -0.2) is 4.98 Å². The number of fused-ring (bicyclic) bond motifs is 2. The van der Waals surface area contributed by atoms with E-state index in [0.29, 0.717) is 0 Å². The summed E-state index contributed by atoms with van der Waals surface area (Å²) in [6.07, 6.45) is 3.71. The summed E-state index contributed by atoms with van der Waals surface area (Å²) in [4.78, 5) is 17.6. The fourth-order valence-corrected chi connectivity index (χ4v) is 5.95. The van der Waals surface area contributed by atoms with Crippen molar-refractivity contribution < 1.29 is 9.53 Å². The summed E-state index contributed by atoms with van der Waals surface area (Å²) < 4.78 is 7.84. The van der Waals surface area contributed by atoms with Crippen LogP contribution in [0.2, 0.25) is 0 Å². The monoisotopic (exact) mass is 443 g/mol. The van der Waals surface area contributed by atoms with Crippen molar-refractivity contribution in [2.45, 2.75) is 22.9 Å². The van der Waals surface area contributed by atoms with Gasteiger partial charge in [0.15, 0.2) is 10.1 Å². The van der Waals surface area contributed by atoms with Crippen LogP contribution in [0.3, 0.4) is 0 Å². The van der Waals surface area contributed by atoms with E-state index in [2.05, 4.69) is 18.2 Å². The summed E-state index contributed by atoms with van der Waals surface area (Å²) in [6, 6.07) is 22.2. The predicted molar refractivity (Wildman–Crippen MR) is 129 cm³/mol. The molecule has 0 unspecified atom stereocenters. The number of allylic oxidation sites excluding steroid dienone is 1. The van der Waals surface area contributed by atoms with Crippen LogP contribution in [-0.4, -0.2) is 17.9 Å². The Morgan fingerprint density at radius 1 is 1.06 bits per heavy atom. The third-order valence-electron chi connectivity index (χ3n) is 5.49. The van der Waals surface area contributed by atoms with E-state index in [1.165, 1.54) is 4.70 Å². The highest BCUT2D eigenvalue weighted by Gasteiger charge is 2.21. The van der Waals surface area contributed by atoms with Crippen LogP contribution in [0.5, 0.6) is 5.75 Å². The van der Waals surface area contributed by atoms with Crippen LogP contribution in [0.4, 0.5) is 0 Å². The van der Waals surface area contributed by atoms with Gasteiger partial charge in [-0.1, -0.05) is 54.2 Å². The molecule has 1 aromatic heterocycles. The first-order chi connectivity index (χ1) is 15.2. The van der Waals surface area contributed by atoms with Crippen molar-refractivity contribution in [2.75, 3.05) is 7.11 Å². The van der Waals surface area contributed by atoms with Gasteiger partial charge in [-0.2, -0.15) is 0 Å². The molecule has 0 spiro atoms. The molecule has 4 aromatic rings. The molecule has 3 aromatic carbocycles. The van der Waals surface area contributed by atoms with E-state index in [4.69, 9.17) is 9.72 Å². The molecule has 0 aliphatic heterocycles. The van der Waals surface area contributed by atoms with Gasteiger partial charge < -0.3 is 4.74 Å². The molecule has 1 heterocycles. The minimum atomic E-state index is 0.142. The van der Waals surface area contributed by atoms with Gasteiger partial charge in [0.05, 0.1) is 17.3 Å². The lowest BCUT2D eigenvalue weighted by atomic mass is 9.86. The number of ether oxygens (including phenoxy) is 1. The van der Waals surface area contributed by atoms with E-state index < -0.39 is 0 Å². The van der Waals surface area contributed by atoms with Crippen LogP contribution in [0, 0.1) is 0 Å². The summed E-state index contributed by atoms with van der Waals surface area (Å²) in [5, 5.41) is 0. The van der Waals surface area contributed by atoms with Crippen molar-refractivity contribution in [2.24, 2.45) is 0 Å². The quantitative estimate of drug-likeness (QED) is 0.251. The molecule has 0 N–H and O–H groups in total. The van der Waals surface area contributed by atoms with E-state index in [0.717, 1.165) is 62.0 Å². The van der Waals surface area contributed by atoms with Crippen molar-refractivity contribution in [1.82, 2.24) is 4.98 Å². The molecule has 0 amide bonds. The third kappa shape index (κ3) is 4.16. The van der Waals surface area contributed by atoms with Gasteiger partial charge >= 0.3 is 0 Å². The normalized spacial score (nSPS) is 14.7. The van der Waals surface area contributed by atoms with Crippen LogP contribution in [0.1, 0.15) is 33.5 Å². The van der Waals surface area contributed by atoms with Crippen molar-refractivity contribution in [3.63, 3.8) is 0 Å². The van der Waals surface area contributed by atoms with Crippen LogP contribution >= 0.6 is 23.1 Å². The maximum absolute atomic E-state index is 12.9.